The van der Waals surface area contributed by atoms with Gasteiger partial charge in [-0.1, -0.05) is 23.7 Å². The first-order chi connectivity index (χ1) is 6.81. The van der Waals surface area contributed by atoms with Crippen LogP contribution in [0.5, 0.6) is 0 Å². The maximum absolute atomic E-state index is 5.96. The van der Waals surface area contributed by atoms with Crippen molar-refractivity contribution in [2.75, 3.05) is 18.4 Å². The van der Waals surface area contributed by atoms with Crippen LogP contribution in [0.3, 0.4) is 0 Å². The number of rotatable bonds is 3. The summed E-state index contributed by atoms with van der Waals surface area (Å²) in [6, 6.07) is 7.57. The van der Waals surface area contributed by atoms with Crippen molar-refractivity contribution in [1.29, 1.82) is 0 Å². The minimum absolute atomic E-state index is 0.574. The van der Waals surface area contributed by atoms with Gasteiger partial charge < -0.3 is 15.5 Å². The lowest BCUT2D eigenvalue weighted by atomic mass is 10.2. The first-order valence-corrected chi connectivity index (χ1v) is 4.81. The molecule has 0 aliphatic rings. The molecule has 0 radical (unpaired) electrons. The summed E-state index contributed by atoms with van der Waals surface area (Å²) in [5, 5.41) is 4.69. The maximum atomic E-state index is 5.96. The normalized spacial score (nSPS) is 10.7. The Morgan fingerprint density at radius 2 is 2.29 bits per heavy atom. The van der Waals surface area contributed by atoms with Gasteiger partial charge in [-0.05, 0) is 6.07 Å². The topological polar surface area (TPSA) is 51.2 Å². The van der Waals surface area contributed by atoms with E-state index < -0.39 is 0 Å². The molecule has 3 N–H and O–H groups in total. The number of nitrogens with two attached hydrogens (primary N) is 1. The van der Waals surface area contributed by atoms with Gasteiger partial charge in [0, 0.05) is 24.5 Å². The van der Waals surface area contributed by atoms with Crippen molar-refractivity contribution >= 4 is 28.5 Å². The summed E-state index contributed by atoms with van der Waals surface area (Å²) in [7, 11) is 0. The van der Waals surface area contributed by atoms with Crippen molar-refractivity contribution in [2.24, 2.45) is 5.73 Å². The van der Waals surface area contributed by atoms with Crippen LogP contribution in [0.15, 0.2) is 28.7 Å². The summed E-state index contributed by atoms with van der Waals surface area (Å²) in [5.74, 6) is 0.707. The third-order valence-electron chi connectivity index (χ3n) is 1.94. The molecular formula is C10H11ClN2O. The average Bonchev–Trinajstić information content (AvgIpc) is 2.59. The third kappa shape index (κ3) is 1.69. The van der Waals surface area contributed by atoms with Gasteiger partial charge in [-0.25, -0.2) is 0 Å². The first-order valence-electron chi connectivity index (χ1n) is 4.43. The number of hydrogen-bond acceptors (Lipinski definition) is 3. The number of halogens is 1. The van der Waals surface area contributed by atoms with Crippen LogP contribution in [0, 0.1) is 0 Å². The molecule has 0 amide bonds. The fourth-order valence-corrected chi connectivity index (χ4v) is 1.53. The Bertz CT molecular complexity index is 439. The van der Waals surface area contributed by atoms with Gasteiger partial charge in [-0.3, -0.25) is 0 Å². The minimum Gasteiger partial charge on any atom is -0.439 e. The van der Waals surface area contributed by atoms with Crippen LogP contribution in [-0.4, -0.2) is 13.1 Å². The molecule has 0 saturated heterocycles. The van der Waals surface area contributed by atoms with Gasteiger partial charge in [0.1, 0.15) is 0 Å². The van der Waals surface area contributed by atoms with E-state index in [1.165, 1.54) is 0 Å². The average molecular weight is 211 g/mol. The lowest BCUT2D eigenvalue weighted by Crippen LogP contribution is -2.12. The van der Waals surface area contributed by atoms with Gasteiger partial charge in [0.2, 0.25) is 0 Å². The number of nitrogens with one attached hydrogen (secondary N) is 1. The first kappa shape index (κ1) is 9.37. The number of furan rings is 1. The van der Waals surface area contributed by atoms with E-state index in [4.69, 9.17) is 21.8 Å². The quantitative estimate of drug-likeness (QED) is 0.818. The van der Waals surface area contributed by atoms with E-state index in [1.54, 1.807) is 6.07 Å². The maximum Gasteiger partial charge on any atom is 0.194 e. The highest BCUT2D eigenvalue weighted by Crippen LogP contribution is 2.28. The van der Waals surface area contributed by atoms with Crippen LogP contribution in [0.1, 0.15) is 0 Å². The van der Waals surface area contributed by atoms with E-state index in [0.29, 0.717) is 29.6 Å². The fourth-order valence-electron chi connectivity index (χ4n) is 1.31. The van der Waals surface area contributed by atoms with Crippen LogP contribution in [0.4, 0.5) is 5.88 Å². The van der Waals surface area contributed by atoms with Crippen molar-refractivity contribution in [3.05, 3.63) is 29.3 Å². The Labute approximate surface area is 86.8 Å². The molecule has 0 aliphatic heterocycles. The predicted octanol–water partition coefficient (Wildman–Crippen LogP) is 2.46. The number of benzene rings is 1. The summed E-state index contributed by atoms with van der Waals surface area (Å²) < 4.78 is 5.50. The summed E-state index contributed by atoms with van der Waals surface area (Å²) in [5.41, 5.74) is 6.09. The highest BCUT2D eigenvalue weighted by atomic mass is 35.5. The molecule has 0 bridgehead atoms. The molecular weight excluding hydrogens is 200 g/mol. The second-order valence-electron chi connectivity index (χ2n) is 2.98. The van der Waals surface area contributed by atoms with Gasteiger partial charge in [0.15, 0.2) is 11.5 Å². The molecule has 0 spiro atoms. The Kier molecular flexibility index (Phi) is 2.61. The van der Waals surface area contributed by atoms with Crippen molar-refractivity contribution in [2.45, 2.75) is 0 Å². The van der Waals surface area contributed by atoms with Crippen molar-refractivity contribution in [3.8, 4) is 0 Å². The summed E-state index contributed by atoms with van der Waals surface area (Å²) in [6.07, 6.45) is 0. The van der Waals surface area contributed by atoms with E-state index in [0.717, 1.165) is 5.39 Å². The van der Waals surface area contributed by atoms with E-state index in [-0.39, 0.29) is 0 Å². The van der Waals surface area contributed by atoms with Gasteiger partial charge in [0.25, 0.3) is 0 Å². The SMILES string of the molecule is NCCNc1cc2cccc(Cl)c2o1. The molecule has 1 aromatic carbocycles. The Morgan fingerprint density at radius 1 is 1.43 bits per heavy atom. The molecule has 4 heteroatoms. The minimum atomic E-state index is 0.574. The van der Waals surface area contributed by atoms with E-state index in [9.17, 15) is 0 Å². The monoisotopic (exact) mass is 210 g/mol. The third-order valence-corrected chi connectivity index (χ3v) is 2.24. The highest BCUT2D eigenvalue weighted by molar-refractivity contribution is 6.34. The van der Waals surface area contributed by atoms with E-state index in [1.807, 2.05) is 18.2 Å². The summed E-state index contributed by atoms with van der Waals surface area (Å²) in [4.78, 5) is 0. The lowest BCUT2D eigenvalue weighted by Gasteiger charge is -1.97. The molecule has 2 aromatic rings. The zero-order chi connectivity index (χ0) is 9.97. The molecule has 0 fully saturated rings. The van der Waals surface area contributed by atoms with E-state index in [2.05, 4.69) is 5.32 Å². The van der Waals surface area contributed by atoms with Crippen LogP contribution in [0.25, 0.3) is 11.0 Å². The van der Waals surface area contributed by atoms with Gasteiger partial charge in [0.05, 0.1) is 5.02 Å². The Morgan fingerprint density at radius 3 is 3.00 bits per heavy atom. The molecule has 3 nitrogen and oxygen atoms in total. The molecule has 1 aromatic heterocycles. The number of anilines is 1. The highest BCUT2D eigenvalue weighted by Gasteiger charge is 2.05. The molecule has 0 saturated carbocycles. The molecule has 0 unspecified atom stereocenters. The molecule has 14 heavy (non-hydrogen) atoms. The number of fused-ring (bicyclic) bond motifs is 1. The second kappa shape index (κ2) is 3.90. The van der Waals surface area contributed by atoms with Crippen LogP contribution in [0.2, 0.25) is 5.02 Å². The van der Waals surface area contributed by atoms with Crippen molar-refractivity contribution in [1.82, 2.24) is 0 Å². The fraction of sp³-hybridized carbons (Fsp3) is 0.200. The zero-order valence-corrected chi connectivity index (χ0v) is 8.34. The smallest absolute Gasteiger partial charge is 0.194 e. The van der Waals surface area contributed by atoms with Gasteiger partial charge >= 0.3 is 0 Å². The largest absolute Gasteiger partial charge is 0.439 e. The van der Waals surface area contributed by atoms with Gasteiger partial charge in [-0.15, -0.1) is 0 Å². The van der Waals surface area contributed by atoms with Crippen LogP contribution >= 0.6 is 11.6 Å². The van der Waals surface area contributed by atoms with Gasteiger partial charge in [-0.2, -0.15) is 0 Å². The summed E-state index contributed by atoms with van der Waals surface area (Å²) >= 11 is 5.96. The second-order valence-corrected chi connectivity index (χ2v) is 3.39. The molecule has 0 atom stereocenters. The van der Waals surface area contributed by atoms with E-state index >= 15 is 0 Å². The molecule has 0 aliphatic carbocycles. The number of hydrogen-bond donors (Lipinski definition) is 2. The Hall–Kier alpha value is -1.19. The molecule has 1 heterocycles. The predicted molar refractivity (Wildman–Crippen MR) is 58.8 cm³/mol. The van der Waals surface area contributed by atoms with Crippen molar-refractivity contribution < 1.29 is 4.42 Å². The van der Waals surface area contributed by atoms with Crippen molar-refractivity contribution in [3.63, 3.8) is 0 Å². The lowest BCUT2D eigenvalue weighted by molar-refractivity contribution is 0.627. The summed E-state index contributed by atoms with van der Waals surface area (Å²) in [6.45, 7) is 1.27. The Balaban J connectivity index is 2.36. The molecule has 2 rings (SSSR count). The van der Waals surface area contributed by atoms with Crippen LogP contribution in [-0.2, 0) is 0 Å². The zero-order valence-electron chi connectivity index (χ0n) is 7.59. The van der Waals surface area contributed by atoms with Crippen LogP contribution < -0.4 is 11.1 Å². The standard InChI is InChI=1S/C10H11ClN2O/c11-8-3-1-2-7-6-9(13-5-4-12)14-10(7)8/h1-3,6,13H,4-5,12H2. The number of para-hydroxylation sites is 1. The molecule has 74 valence electrons.